The Kier molecular flexibility index (Phi) is 10.9. The highest BCUT2D eigenvalue weighted by Gasteiger charge is 1.83. The molecule has 0 saturated carbocycles. The van der Waals surface area contributed by atoms with Gasteiger partial charge in [-0.3, -0.25) is 0 Å². The van der Waals surface area contributed by atoms with Crippen molar-refractivity contribution in [2.24, 2.45) is 0 Å². The average molecular weight is 266 g/mol. The first-order valence-corrected chi connectivity index (χ1v) is 5.79. The maximum atomic E-state index is 10.1. The van der Waals surface area contributed by atoms with Gasteiger partial charge in [-0.25, -0.2) is 9.59 Å². The molecule has 0 spiro atoms. The predicted octanol–water partition coefficient (Wildman–Crippen LogP) is 2.18. The second kappa shape index (κ2) is 12.3. The summed E-state index contributed by atoms with van der Waals surface area (Å²) < 4.78 is 5.23. The molecule has 19 heavy (non-hydrogen) atoms. The molecule has 104 valence electrons. The SMILES string of the molecule is O=C(O)C=CCC=CCOCC=CCC=CC(=O)O. The van der Waals surface area contributed by atoms with Crippen LogP contribution in [0.1, 0.15) is 12.8 Å². The first kappa shape index (κ1) is 16.9. The van der Waals surface area contributed by atoms with Gasteiger partial charge in [-0.1, -0.05) is 36.5 Å². The lowest BCUT2D eigenvalue weighted by atomic mass is 10.3. The predicted molar refractivity (Wildman–Crippen MR) is 71.9 cm³/mol. The molecule has 0 bridgehead atoms. The number of ether oxygens (including phenoxy) is 1. The highest BCUT2D eigenvalue weighted by atomic mass is 16.5. The van der Waals surface area contributed by atoms with Gasteiger partial charge < -0.3 is 14.9 Å². The van der Waals surface area contributed by atoms with Gasteiger partial charge in [0, 0.05) is 12.2 Å². The zero-order valence-corrected chi connectivity index (χ0v) is 10.6. The quantitative estimate of drug-likeness (QED) is 0.359. The van der Waals surface area contributed by atoms with Gasteiger partial charge >= 0.3 is 11.9 Å². The van der Waals surface area contributed by atoms with Gasteiger partial charge in [0.05, 0.1) is 13.2 Å². The zero-order chi connectivity index (χ0) is 14.3. The van der Waals surface area contributed by atoms with E-state index < -0.39 is 11.9 Å². The fraction of sp³-hybridized carbons (Fsp3) is 0.286. The highest BCUT2D eigenvalue weighted by Crippen LogP contribution is 1.89. The molecular weight excluding hydrogens is 248 g/mol. The molecule has 5 heteroatoms. The molecule has 0 aromatic rings. The minimum Gasteiger partial charge on any atom is -0.478 e. The Balaban J connectivity index is 3.44. The van der Waals surface area contributed by atoms with Gasteiger partial charge in [0.1, 0.15) is 0 Å². The van der Waals surface area contributed by atoms with Crippen LogP contribution in [0.2, 0.25) is 0 Å². The third-order valence-corrected chi connectivity index (χ3v) is 1.83. The molecule has 0 fully saturated rings. The molecule has 0 heterocycles. The van der Waals surface area contributed by atoms with Crippen LogP contribution in [0.5, 0.6) is 0 Å². The van der Waals surface area contributed by atoms with E-state index >= 15 is 0 Å². The van der Waals surface area contributed by atoms with Gasteiger partial charge in [0.2, 0.25) is 0 Å². The molecule has 0 rings (SSSR count). The number of hydrogen-bond donors (Lipinski definition) is 2. The van der Waals surface area contributed by atoms with E-state index in [2.05, 4.69) is 0 Å². The Bertz CT molecular complexity index is 341. The van der Waals surface area contributed by atoms with Crippen molar-refractivity contribution in [2.75, 3.05) is 13.2 Å². The molecule has 5 nitrogen and oxygen atoms in total. The van der Waals surface area contributed by atoms with Crippen LogP contribution in [0.4, 0.5) is 0 Å². The molecule has 2 N–H and O–H groups in total. The number of allylic oxidation sites excluding steroid dienone is 4. The number of carbonyl (C=O) groups is 2. The van der Waals surface area contributed by atoms with E-state index in [1.165, 1.54) is 0 Å². The van der Waals surface area contributed by atoms with E-state index in [4.69, 9.17) is 14.9 Å². The topological polar surface area (TPSA) is 83.8 Å². The van der Waals surface area contributed by atoms with Gasteiger partial charge in [-0.2, -0.15) is 0 Å². The summed E-state index contributed by atoms with van der Waals surface area (Å²) >= 11 is 0. The summed E-state index contributed by atoms with van der Waals surface area (Å²) in [7, 11) is 0. The molecule has 0 aliphatic carbocycles. The third-order valence-electron chi connectivity index (χ3n) is 1.83. The van der Waals surface area contributed by atoms with E-state index in [-0.39, 0.29) is 0 Å². The maximum Gasteiger partial charge on any atom is 0.327 e. The summed E-state index contributed by atoms with van der Waals surface area (Å²) in [5.41, 5.74) is 0. The lowest BCUT2D eigenvalue weighted by molar-refractivity contribution is -0.132. The van der Waals surface area contributed by atoms with Crippen molar-refractivity contribution >= 4 is 11.9 Å². The molecule has 0 aliphatic rings. The fourth-order valence-electron chi connectivity index (χ4n) is 1.03. The van der Waals surface area contributed by atoms with Gasteiger partial charge in [-0.05, 0) is 12.8 Å². The minimum atomic E-state index is -0.952. The second-order valence-electron chi connectivity index (χ2n) is 3.43. The Morgan fingerprint density at radius 2 is 1.16 bits per heavy atom. The average Bonchev–Trinajstić information content (AvgIpc) is 2.34. The van der Waals surface area contributed by atoms with Crippen LogP contribution in [0.3, 0.4) is 0 Å². The van der Waals surface area contributed by atoms with Crippen molar-refractivity contribution < 1.29 is 24.5 Å². The van der Waals surface area contributed by atoms with E-state index in [1.54, 1.807) is 12.2 Å². The molecular formula is C14H18O5. The first-order chi connectivity index (χ1) is 9.13. The van der Waals surface area contributed by atoms with Crippen molar-refractivity contribution in [3.05, 3.63) is 48.6 Å². The summed E-state index contributed by atoms with van der Waals surface area (Å²) in [6.07, 6.45) is 13.7. The zero-order valence-electron chi connectivity index (χ0n) is 10.6. The second-order valence-corrected chi connectivity index (χ2v) is 3.43. The van der Waals surface area contributed by atoms with Crippen LogP contribution >= 0.6 is 0 Å². The highest BCUT2D eigenvalue weighted by molar-refractivity contribution is 5.79. The van der Waals surface area contributed by atoms with Crippen LogP contribution in [0.25, 0.3) is 0 Å². The maximum absolute atomic E-state index is 10.1. The number of aliphatic carboxylic acids is 2. The lowest BCUT2D eigenvalue weighted by Gasteiger charge is -1.93. The van der Waals surface area contributed by atoms with Gasteiger partial charge in [-0.15, -0.1) is 0 Å². The summed E-state index contributed by atoms with van der Waals surface area (Å²) in [5.74, 6) is -1.90. The van der Waals surface area contributed by atoms with E-state index in [0.717, 1.165) is 12.2 Å². The van der Waals surface area contributed by atoms with Gasteiger partial charge in [0.25, 0.3) is 0 Å². The van der Waals surface area contributed by atoms with Crippen molar-refractivity contribution in [2.45, 2.75) is 12.8 Å². The molecule has 0 aromatic heterocycles. The third kappa shape index (κ3) is 15.9. The smallest absolute Gasteiger partial charge is 0.327 e. The Morgan fingerprint density at radius 1 is 0.737 bits per heavy atom. The number of hydrogen-bond acceptors (Lipinski definition) is 3. The summed E-state index contributed by atoms with van der Waals surface area (Å²) in [6, 6.07) is 0. The Hall–Kier alpha value is -2.14. The monoisotopic (exact) mass is 266 g/mol. The Labute approximate surface area is 112 Å². The fourth-order valence-corrected chi connectivity index (χ4v) is 1.03. The van der Waals surface area contributed by atoms with Crippen LogP contribution in [-0.4, -0.2) is 35.4 Å². The molecule has 0 saturated heterocycles. The molecule has 0 unspecified atom stereocenters. The summed E-state index contributed by atoms with van der Waals surface area (Å²) in [4.78, 5) is 20.3. The van der Waals surface area contributed by atoms with E-state index in [1.807, 2.05) is 24.3 Å². The number of rotatable bonds is 10. The van der Waals surface area contributed by atoms with Crippen molar-refractivity contribution in [3.63, 3.8) is 0 Å². The number of carboxylic acid groups (broad SMARTS) is 2. The van der Waals surface area contributed by atoms with Crippen molar-refractivity contribution in [1.29, 1.82) is 0 Å². The van der Waals surface area contributed by atoms with E-state index in [0.29, 0.717) is 26.1 Å². The van der Waals surface area contributed by atoms with Crippen molar-refractivity contribution in [1.82, 2.24) is 0 Å². The largest absolute Gasteiger partial charge is 0.478 e. The Morgan fingerprint density at radius 3 is 1.53 bits per heavy atom. The molecule has 0 aliphatic heterocycles. The van der Waals surface area contributed by atoms with Crippen LogP contribution in [0, 0.1) is 0 Å². The van der Waals surface area contributed by atoms with Gasteiger partial charge in [0.15, 0.2) is 0 Å². The molecule has 0 aromatic carbocycles. The minimum absolute atomic E-state index is 0.455. The molecule has 0 radical (unpaired) electrons. The summed E-state index contributed by atoms with van der Waals surface area (Å²) in [5, 5.41) is 16.6. The standard InChI is InChI=1S/C14H18O5/c15-13(16)9-5-1-3-7-11-19-12-8-4-2-6-10-14(17)18/h3-10H,1-2,11-12H2,(H,15,16)(H,17,18). The molecule has 0 amide bonds. The first-order valence-electron chi connectivity index (χ1n) is 5.79. The normalized spacial score (nSPS) is 12.2. The van der Waals surface area contributed by atoms with Crippen LogP contribution < -0.4 is 0 Å². The van der Waals surface area contributed by atoms with E-state index in [9.17, 15) is 9.59 Å². The van der Waals surface area contributed by atoms with Crippen molar-refractivity contribution in [3.8, 4) is 0 Å². The molecule has 0 atom stereocenters. The summed E-state index contributed by atoms with van der Waals surface area (Å²) in [6.45, 7) is 0.909. The van der Waals surface area contributed by atoms with Crippen LogP contribution in [-0.2, 0) is 14.3 Å². The number of carboxylic acids is 2. The lowest BCUT2D eigenvalue weighted by Crippen LogP contribution is -1.90. The van der Waals surface area contributed by atoms with Crippen LogP contribution in [0.15, 0.2) is 48.6 Å².